The van der Waals surface area contributed by atoms with Crippen molar-refractivity contribution in [1.29, 1.82) is 0 Å². The summed E-state index contributed by atoms with van der Waals surface area (Å²) in [6.45, 7) is 1.36. The number of hydrogen-bond donors (Lipinski definition) is 2. The van der Waals surface area contributed by atoms with Crippen molar-refractivity contribution in [2.45, 2.75) is 12.8 Å². The van der Waals surface area contributed by atoms with E-state index in [9.17, 15) is 4.79 Å². The van der Waals surface area contributed by atoms with E-state index in [4.69, 9.17) is 19.7 Å². The molecule has 1 aliphatic rings. The first-order chi connectivity index (χ1) is 6.71. The highest BCUT2D eigenvalue weighted by molar-refractivity contribution is 5.75. The van der Waals surface area contributed by atoms with Gasteiger partial charge < -0.3 is 19.7 Å². The quantitative estimate of drug-likeness (QED) is 0.590. The molecule has 0 aromatic heterocycles. The molecule has 0 saturated carbocycles. The minimum Gasteiger partial charge on any atom is -0.481 e. The molecule has 0 bridgehead atoms. The predicted octanol–water partition coefficient (Wildman–Crippen LogP) is -0.123. The summed E-state index contributed by atoms with van der Waals surface area (Å²) in [5, 5.41) is 17.5. The Bertz CT molecular complexity index is 186. The summed E-state index contributed by atoms with van der Waals surface area (Å²) in [6.07, 6.45) is 0.993. The summed E-state index contributed by atoms with van der Waals surface area (Å²) in [7, 11) is 0. The summed E-state index contributed by atoms with van der Waals surface area (Å²) in [4.78, 5) is 11.0. The second kappa shape index (κ2) is 5.29. The topological polar surface area (TPSA) is 76.0 Å². The van der Waals surface area contributed by atoms with Gasteiger partial charge in [0.2, 0.25) is 0 Å². The van der Waals surface area contributed by atoms with Crippen LogP contribution in [-0.4, -0.2) is 49.2 Å². The molecule has 2 N–H and O–H groups in total. The third-order valence-electron chi connectivity index (χ3n) is 2.52. The smallest absolute Gasteiger partial charge is 0.312 e. The Morgan fingerprint density at radius 3 is 2.79 bits per heavy atom. The van der Waals surface area contributed by atoms with E-state index >= 15 is 0 Å². The molecule has 0 aromatic carbocycles. The van der Waals surface area contributed by atoms with E-state index in [0.717, 1.165) is 0 Å². The number of hydrogen-bond acceptors (Lipinski definition) is 4. The van der Waals surface area contributed by atoms with E-state index < -0.39 is 11.4 Å². The lowest BCUT2D eigenvalue weighted by molar-refractivity contribution is -0.150. The summed E-state index contributed by atoms with van der Waals surface area (Å²) in [5.74, 6) is -0.817. The van der Waals surface area contributed by atoms with Gasteiger partial charge in [0, 0.05) is 13.2 Å². The molecule has 1 rings (SSSR count). The van der Waals surface area contributed by atoms with Gasteiger partial charge in [0.25, 0.3) is 0 Å². The van der Waals surface area contributed by atoms with Gasteiger partial charge in [-0.2, -0.15) is 0 Å². The van der Waals surface area contributed by atoms with Crippen LogP contribution in [0.1, 0.15) is 12.8 Å². The molecule has 5 heteroatoms. The Morgan fingerprint density at radius 1 is 1.50 bits per heavy atom. The number of carbonyl (C=O) groups is 1. The van der Waals surface area contributed by atoms with Crippen LogP contribution in [0, 0.1) is 5.41 Å². The van der Waals surface area contributed by atoms with Crippen molar-refractivity contribution in [3.8, 4) is 0 Å². The Hall–Kier alpha value is -0.650. The molecule has 1 fully saturated rings. The lowest BCUT2D eigenvalue weighted by Crippen LogP contribution is -2.32. The summed E-state index contributed by atoms with van der Waals surface area (Å²) in [6, 6.07) is 0. The lowest BCUT2D eigenvalue weighted by Gasteiger charge is -2.21. The van der Waals surface area contributed by atoms with Gasteiger partial charge in [-0.3, -0.25) is 4.79 Å². The van der Waals surface area contributed by atoms with Crippen molar-refractivity contribution < 1.29 is 24.5 Å². The van der Waals surface area contributed by atoms with Crippen LogP contribution in [0.3, 0.4) is 0 Å². The molecular formula is C9H16O5. The zero-order valence-electron chi connectivity index (χ0n) is 8.07. The van der Waals surface area contributed by atoms with E-state index in [2.05, 4.69) is 0 Å². The summed E-state index contributed by atoms with van der Waals surface area (Å²) >= 11 is 0. The molecule has 1 heterocycles. The van der Waals surface area contributed by atoms with Gasteiger partial charge in [0.15, 0.2) is 0 Å². The molecule has 0 aliphatic carbocycles. The molecule has 1 aliphatic heterocycles. The SMILES string of the molecule is O=C(O)C1(CCOCCO)CCOC1. The maximum atomic E-state index is 11.0. The van der Waals surface area contributed by atoms with Crippen LogP contribution in [0.4, 0.5) is 0 Å². The average molecular weight is 204 g/mol. The number of rotatable bonds is 6. The van der Waals surface area contributed by atoms with Gasteiger partial charge in [-0.1, -0.05) is 0 Å². The van der Waals surface area contributed by atoms with Gasteiger partial charge in [-0.15, -0.1) is 0 Å². The van der Waals surface area contributed by atoms with Crippen molar-refractivity contribution in [2.75, 3.05) is 33.0 Å². The van der Waals surface area contributed by atoms with E-state index in [1.54, 1.807) is 0 Å². The molecule has 0 spiro atoms. The molecule has 1 unspecified atom stereocenters. The van der Waals surface area contributed by atoms with Gasteiger partial charge in [-0.05, 0) is 12.8 Å². The Kier molecular flexibility index (Phi) is 4.31. The molecule has 14 heavy (non-hydrogen) atoms. The fourth-order valence-electron chi connectivity index (χ4n) is 1.51. The minimum atomic E-state index is -0.817. The maximum Gasteiger partial charge on any atom is 0.312 e. The van der Waals surface area contributed by atoms with Crippen LogP contribution in [0.2, 0.25) is 0 Å². The van der Waals surface area contributed by atoms with Crippen LogP contribution < -0.4 is 0 Å². The van der Waals surface area contributed by atoms with Crippen molar-refractivity contribution in [1.82, 2.24) is 0 Å². The lowest BCUT2D eigenvalue weighted by atomic mass is 9.84. The highest BCUT2D eigenvalue weighted by Crippen LogP contribution is 2.32. The molecule has 1 atom stereocenters. The van der Waals surface area contributed by atoms with Crippen LogP contribution >= 0.6 is 0 Å². The van der Waals surface area contributed by atoms with E-state index in [-0.39, 0.29) is 19.8 Å². The minimum absolute atomic E-state index is 0.0312. The largest absolute Gasteiger partial charge is 0.481 e. The molecule has 0 radical (unpaired) electrons. The molecule has 82 valence electrons. The first-order valence-electron chi connectivity index (χ1n) is 4.71. The van der Waals surface area contributed by atoms with E-state index in [1.807, 2.05) is 0 Å². The first-order valence-corrected chi connectivity index (χ1v) is 4.71. The maximum absolute atomic E-state index is 11.0. The standard InChI is InChI=1S/C9H16O5/c10-3-6-13-4-1-9(8(11)12)2-5-14-7-9/h10H,1-7H2,(H,11,12). The second-order valence-electron chi connectivity index (χ2n) is 3.47. The van der Waals surface area contributed by atoms with Crippen molar-refractivity contribution in [2.24, 2.45) is 5.41 Å². The number of aliphatic hydroxyl groups excluding tert-OH is 1. The zero-order valence-corrected chi connectivity index (χ0v) is 8.07. The van der Waals surface area contributed by atoms with Gasteiger partial charge in [0.1, 0.15) is 0 Å². The van der Waals surface area contributed by atoms with Crippen LogP contribution in [0.25, 0.3) is 0 Å². The molecule has 0 amide bonds. The fraction of sp³-hybridized carbons (Fsp3) is 0.889. The van der Waals surface area contributed by atoms with Crippen LogP contribution in [-0.2, 0) is 14.3 Å². The van der Waals surface area contributed by atoms with E-state index in [0.29, 0.717) is 26.1 Å². The number of ether oxygens (including phenoxy) is 2. The molecule has 5 nitrogen and oxygen atoms in total. The van der Waals surface area contributed by atoms with Crippen molar-refractivity contribution in [3.05, 3.63) is 0 Å². The van der Waals surface area contributed by atoms with Crippen molar-refractivity contribution in [3.63, 3.8) is 0 Å². The fourth-order valence-corrected chi connectivity index (χ4v) is 1.51. The molecular weight excluding hydrogens is 188 g/mol. The number of carboxylic acid groups (broad SMARTS) is 1. The Balaban J connectivity index is 2.33. The second-order valence-corrected chi connectivity index (χ2v) is 3.47. The van der Waals surface area contributed by atoms with Gasteiger partial charge >= 0.3 is 5.97 Å². The summed E-state index contributed by atoms with van der Waals surface area (Å²) < 4.78 is 10.1. The highest BCUT2D eigenvalue weighted by atomic mass is 16.5. The van der Waals surface area contributed by atoms with Gasteiger partial charge in [0.05, 0.1) is 25.2 Å². The van der Waals surface area contributed by atoms with Gasteiger partial charge in [-0.25, -0.2) is 0 Å². The Morgan fingerprint density at radius 2 is 2.29 bits per heavy atom. The number of aliphatic hydroxyl groups is 1. The third-order valence-corrected chi connectivity index (χ3v) is 2.52. The number of aliphatic carboxylic acids is 1. The monoisotopic (exact) mass is 204 g/mol. The zero-order chi connectivity index (χ0) is 10.4. The first kappa shape index (κ1) is 11.4. The van der Waals surface area contributed by atoms with Crippen molar-refractivity contribution >= 4 is 5.97 Å². The normalized spacial score (nSPS) is 26.6. The third kappa shape index (κ3) is 2.67. The molecule has 1 saturated heterocycles. The molecule has 0 aromatic rings. The average Bonchev–Trinajstić information content (AvgIpc) is 2.62. The summed E-state index contributed by atoms with van der Waals surface area (Å²) in [5.41, 5.74) is -0.768. The Labute approximate surface area is 82.6 Å². The van der Waals surface area contributed by atoms with Crippen LogP contribution in [0.15, 0.2) is 0 Å². The van der Waals surface area contributed by atoms with E-state index in [1.165, 1.54) is 0 Å². The number of carboxylic acids is 1. The highest BCUT2D eigenvalue weighted by Gasteiger charge is 2.41. The predicted molar refractivity (Wildman–Crippen MR) is 48.0 cm³/mol. The van der Waals surface area contributed by atoms with Crippen LogP contribution in [0.5, 0.6) is 0 Å².